The quantitative estimate of drug-likeness (QED) is 0.162. The zero-order valence-corrected chi connectivity index (χ0v) is 22.9. The third-order valence-electron chi connectivity index (χ3n) is 8.27. The Labute approximate surface area is 242 Å². The summed E-state index contributed by atoms with van der Waals surface area (Å²) in [4.78, 5) is 0. The zero-order chi connectivity index (χ0) is 28.2. The highest BCUT2D eigenvalue weighted by Crippen LogP contribution is 2.47. The van der Waals surface area contributed by atoms with Gasteiger partial charge in [0, 0.05) is 32.7 Å². The van der Waals surface area contributed by atoms with Crippen LogP contribution in [0.25, 0.3) is 87.7 Å². The van der Waals surface area contributed by atoms with Crippen LogP contribution < -0.4 is 0 Å². The second kappa shape index (κ2) is 9.50. The Morgan fingerprint density at radius 2 is 0.833 bits per heavy atom. The number of para-hydroxylation sites is 3. The first-order valence-corrected chi connectivity index (χ1v) is 14.1. The average Bonchev–Trinajstić information content (AvgIpc) is 3.63. The van der Waals surface area contributed by atoms with Crippen molar-refractivity contribution in [2.24, 2.45) is 0 Å². The summed E-state index contributed by atoms with van der Waals surface area (Å²) in [7, 11) is 0. The standard InChI is InChI=1S/C38H22O2.C2H4/c1-3-14-29-27(12-1)36(23-20-21-26-24-10-5-7-18-33(24)39-35(26)22-23)28-13-2-4-15-30(28)37(29)32-17-9-16-31-25-11-6-8-19-34(25)40-38(31)32;1-2/h1-22H;1-2H2. The number of hydrogen-bond acceptors (Lipinski definition) is 2. The predicted molar refractivity (Wildman–Crippen MR) is 178 cm³/mol. The van der Waals surface area contributed by atoms with E-state index < -0.39 is 0 Å². The highest BCUT2D eigenvalue weighted by Gasteiger charge is 2.20. The molecule has 0 aliphatic rings. The van der Waals surface area contributed by atoms with Crippen LogP contribution in [0.2, 0.25) is 0 Å². The third-order valence-corrected chi connectivity index (χ3v) is 8.27. The maximum absolute atomic E-state index is 6.52. The van der Waals surface area contributed by atoms with Crippen molar-refractivity contribution in [1.29, 1.82) is 0 Å². The van der Waals surface area contributed by atoms with E-state index >= 15 is 0 Å². The number of benzene rings is 7. The summed E-state index contributed by atoms with van der Waals surface area (Å²) >= 11 is 0. The van der Waals surface area contributed by atoms with Crippen LogP contribution in [0, 0.1) is 0 Å². The van der Waals surface area contributed by atoms with Gasteiger partial charge in [0.2, 0.25) is 0 Å². The van der Waals surface area contributed by atoms with Crippen LogP contribution in [-0.4, -0.2) is 0 Å². The molecule has 198 valence electrons. The molecule has 9 rings (SSSR count). The van der Waals surface area contributed by atoms with Gasteiger partial charge in [-0.25, -0.2) is 0 Å². The van der Waals surface area contributed by atoms with Crippen LogP contribution in [0.1, 0.15) is 0 Å². The topological polar surface area (TPSA) is 26.3 Å². The van der Waals surface area contributed by atoms with Crippen LogP contribution in [0.4, 0.5) is 0 Å². The van der Waals surface area contributed by atoms with Gasteiger partial charge in [-0.15, -0.1) is 13.2 Å². The molecule has 42 heavy (non-hydrogen) atoms. The summed E-state index contributed by atoms with van der Waals surface area (Å²) in [6.07, 6.45) is 0. The molecule has 0 saturated carbocycles. The zero-order valence-electron chi connectivity index (χ0n) is 22.9. The van der Waals surface area contributed by atoms with Gasteiger partial charge in [-0.05, 0) is 56.9 Å². The van der Waals surface area contributed by atoms with Crippen LogP contribution in [-0.2, 0) is 0 Å². The lowest BCUT2D eigenvalue weighted by Gasteiger charge is -2.17. The van der Waals surface area contributed by atoms with Crippen LogP contribution in [0.5, 0.6) is 0 Å². The van der Waals surface area contributed by atoms with Gasteiger partial charge < -0.3 is 8.83 Å². The fourth-order valence-electron chi connectivity index (χ4n) is 6.56. The summed E-state index contributed by atoms with van der Waals surface area (Å²) in [5.74, 6) is 0. The fourth-order valence-corrected chi connectivity index (χ4v) is 6.56. The second-order valence-electron chi connectivity index (χ2n) is 10.4. The molecule has 2 aromatic heterocycles. The number of furan rings is 2. The smallest absolute Gasteiger partial charge is 0.143 e. The fraction of sp³-hybridized carbons (Fsp3) is 0. The molecule has 0 fully saturated rings. The van der Waals surface area contributed by atoms with Crippen LogP contribution in [0.3, 0.4) is 0 Å². The van der Waals surface area contributed by atoms with Crippen molar-refractivity contribution in [3.63, 3.8) is 0 Å². The van der Waals surface area contributed by atoms with Crippen molar-refractivity contribution < 1.29 is 8.83 Å². The molecule has 0 saturated heterocycles. The molecule has 0 aliphatic carbocycles. The molecule has 2 heterocycles. The summed E-state index contributed by atoms with van der Waals surface area (Å²) in [6, 6.07) is 47.1. The van der Waals surface area contributed by atoms with Crippen molar-refractivity contribution in [3.8, 4) is 22.3 Å². The predicted octanol–water partition coefficient (Wildman–Crippen LogP) is 11.9. The van der Waals surface area contributed by atoms with E-state index in [-0.39, 0.29) is 0 Å². The van der Waals surface area contributed by atoms with E-state index in [1.165, 1.54) is 32.7 Å². The Balaban J connectivity index is 0.00000131. The molecule has 0 aliphatic heterocycles. The average molecular weight is 539 g/mol. The molecule has 2 heteroatoms. The first kappa shape index (κ1) is 24.2. The van der Waals surface area contributed by atoms with Crippen LogP contribution >= 0.6 is 0 Å². The minimum atomic E-state index is 0.906. The minimum absolute atomic E-state index is 0.906. The van der Waals surface area contributed by atoms with Gasteiger partial charge in [0.05, 0.1) is 0 Å². The van der Waals surface area contributed by atoms with E-state index in [1.54, 1.807) is 0 Å². The van der Waals surface area contributed by atoms with Crippen molar-refractivity contribution >= 4 is 65.4 Å². The lowest BCUT2D eigenvalue weighted by molar-refractivity contribution is 0.669. The molecular formula is C40H26O2. The molecule has 7 aromatic carbocycles. The van der Waals surface area contributed by atoms with Gasteiger partial charge in [0.1, 0.15) is 22.3 Å². The lowest BCUT2D eigenvalue weighted by Crippen LogP contribution is -1.91. The Bertz CT molecular complexity index is 2400. The van der Waals surface area contributed by atoms with Gasteiger partial charge in [0.25, 0.3) is 0 Å². The van der Waals surface area contributed by atoms with Gasteiger partial charge in [-0.1, -0.05) is 109 Å². The highest BCUT2D eigenvalue weighted by atomic mass is 16.3. The Morgan fingerprint density at radius 3 is 1.48 bits per heavy atom. The van der Waals surface area contributed by atoms with E-state index in [0.717, 1.165) is 55.0 Å². The van der Waals surface area contributed by atoms with Gasteiger partial charge in [-0.2, -0.15) is 0 Å². The lowest BCUT2D eigenvalue weighted by atomic mass is 9.85. The Kier molecular flexibility index (Phi) is 5.48. The normalized spacial score (nSPS) is 11.5. The van der Waals surface area contributed by atoms with Crippen molar-refractivity contribution in [2.45, 2.75) is 0 Å². The molecule has 2 nitrogen and oxygen atoms in total. The first-order valence-electron chi connectivity index (χ1n) is 14.1. The monoisotopic (exact) mass is 538 g/mol. The number of hydrogen-bond donors (Lipinski definition) is 0. The SMILES string of the molecule is C=C.c1ccc2c(c1)oc1cc(-c3c4ccccc4c(-c4cccc5c4oc4ccccc45)c4ccccc34)ccc12. The summed E-state index contributed by atoms with van der Waals surface area (Å²) in [5, 5.41) is 9.39. The maximum atomic E-state index is 6.52. The van der Waals surface area contributed by atoms with E-state index in [0.29, 0.717) is 0 Å². The molecule has 0 unspecified atom stereocenters. The van der Waals surface area contributed by atoms with E-state index in [2.05, 4.69) is 122 Å². The second-order valence-corrected chi connectivity index (χ2v) is 10.4. The molecule has 0 N–H and O–H groups in total. The van der Waals surface area contributed by atoms with E-state index in [1.807, 2.05) is 24.3 Å². The summed E-state index contributed by atoms with van der Waals surface area (Å²) in [5.41, 5.74) is 8.33. The van der Waals surface area contributed by atoms with Crippen molar-refractivity contribution in [2.75, 3.05) is 0 Å². The molecule has 0 radical (unpaired) electrons. The van der Waals surface area contributed by atoms with Crippen LogP contribution in [0.15, 0.2) is 155 Å². The maximum Gasteiger partial charge on any atom is 0.143 e. The third kappa shape index (κ3) is 3.45. The Hall–Kier alpha value is -5.60. The van der Waals surface area contributed by atoms with Gasteiger partial charge in [-0.3, -0.25) is 0 Å². The highest BCUT2D eigenvalue weighted by molar-refractivity contribution is 6.24. The van der Waals surface area contributed by atoms with Crippen molar-refractivity contribution in [1.82, 2.24) is 0 Å². The first-order chi connectivity index (χ1) is 20.8. The van der Waals surface area contributed by atoms with E-state index in [4.69, 9.17) is 8.83 Å². The summed E-state index contributed by atoms with van der Waals surface area (Å²) < 4.78 is 12.8. The summed E-state index contributed by atoms with van der Waals surface area (Å²) in [6.45, 7) is 6.00. The van der Waals surface area contributed by atoms with Crippen molar-refractivity contribution in [3.05, 3.63) is 147 Å². The van der Waals surface area contributed by atoms with E-state index in [9.17, 15) is 0 Å². The largest absolute Gasteiger partial charge is 0.456 e. The molecule has 0 bridgehead atoms. The molecule has 0 amide bonds. The molecule has 0 atom stereocenters. The van der Waals surface area contributed by atoms with Gasteiger partial charge >= 0.3 is 0 Å². The molecule has 0 spiro atoms. The Morgan fingerprint density at radius 1 is 0.357 bits per heavy atom. The molecular weight excluding hydrogens is 512 g/mol. The minimum Gasteiger partial charge on any atom is -0.456 e. The number of fused-ring (bicyclic) bond motifs is 8. The molecule has 9 aromatic rings. The van der Waals surface area contributed by atoms with Gasteiger partial charge in [0.15, 0.2) is 0 Å². The number of rotatable bonds is 2.